The minimum atomic E-state index is -0.487. The lowest BCUT2D eigenvalue weighted by Crippen LogP contribution is -2.05. The number of rotatable bonds is 5. The van der Waals surface area contributed by atoms with Crippen LogP contribution in [0.5, 0.6) is 11.5 Å². The molecule has 1 aromatic carbocycles. The highest BCUT2D eigenvalue weighted by molar-refractivity contribution is 5.87. The van der Waals surface area contributed by atoms with Gasteiger partial charge in [0.2, 0.25) is 0 Å². The Hall–Kier alpha value is -2.40. The van der Waals surface area contributed by atoms with Crippen molar-refractivity contribution in [2.45, 2.75) is 6.54 Å². The fraction of sp³-hybridized carbons (Fsp3) is 0.200. The maximum Gasteiger partial charge on any atom is 0.356 e. The number of carbonyl (C=O) groups excluding carboxylic acids is 1. The van der Waals surface area contributed by atoms with Crippen LogP contribution in [-0.4, -0.2) is 25.1 Å². The van der Waals surface area contributed by atoms with Gasteiger partial charge in [-0.15, -0.1) is 0 Å². The lowest BCUT2D eigenvalue weighted by molar-refractivity contribution is 0.0593. The quantitative estimate of drug-likeness (QED) is 0.847. The van der Waals surface area contributed by atoms with E-state index in [4.69, 9.17) is 4.74 Å². The van der Waals surface area contributed by atoms with E-state index in [1.54, 1.807) is 12.1 Å². The van der Waals surface area contributed by atoms with Crippen LogP contribution in [0.15, 0.2) is 42.6 Å². The van der Waals surface area contributed by atoms with Gasteiger partial charge < -0.3 is 14.8 Å². The number of ether oxygens (including phenoxy) is 2. The average Bonchev–Trinajstić information content (AvgIpc) is 2.47. The highest BCUT2D eigenvalue weighted by atomic mass is 16.5. The van der Waals surface area contributed by atoms with Crippen LogP contribution in [0, 0.1) is 0 Å². The molecule has 104 valence electrons. The van der Waals surface area contributed by atoms with Crippen LogP contribution in [0.2, 0.25) is 0 Å². The summed E-state index contributed by atoms with van der Waals surface area (Å²) in [4.78, 5) is 15.3. The molecule has 0 aliphatic carbocycles. The fourth-order valence-electron chi connectivity index (χ4n) is 1.75. The molecule has 0 atom stereocenters. The van der Waals surface area contributed by atoms with Crippen LogP contribution in [0.3, 0.4) is 0 Å². The lowest BCUT2D eigenvalue weighted by atomic mass is 10.2. The van der Waals surface area contributed by atoms with Crippen molar-refractivity contribution >= 4 is 5.97 Å². The predicted molar refractivity (Wildman–Crippen MR) is 74.9 cm³/mol. The second-order valence-electron chi connectivity index (χ2n) is 4.15. The molecule has 5 heteroatoms. The van der Waals surface area contributed by atoms with Crippen molar-refractivity contribution in [2.75, 3.05) is 14.2 Å². The Morgan fingerprint density at radius 3 is 2.80 bits per heavy atom. The Morgan fingerprint density at radius 1 is 1.25 bits per heavy atom. The van der Waals surface area contributed by atoms with Crippen LogP contribution in [0.1, 0.15) is 16.1 Å². The summed E-state index contributed by atoms with van der Waals surface area (Å²) in [5.41, 5.74) is 1.34. The molecule has 2 rings (SSSR count). The van der Waals surface area contributed by atoms with Crippen molar-refractivity contribution in [3.63, 3.8) is 0 Å². The van der Waals surface area contributed by atoms with Gasteiger partial charge >= 0.3 is 5.97 Å². The zero-order valence-electron chi connectivity index (χ0n) is 11.4. The minimum absolute atomic E-state index is 0.219. The van der Waals surface area contributed by atoms with Gasteiger partial charge in [0.1, 0.15) is 11.5 Å². The number of methoxy groups -OCH3 is 1. The first-order chi connectivity index (χ1) is 9.72. The van der Waals surface area contributed by atoms with E-state index in [1.165, 1.54) is 13.3 Å². The zero-order valence-corrected chi connectivity index (χ0v) is 11.4. The summed E-state index contributed by atoms with van der Waals surface area (Å²) in [5, 5.41) is 3.08. The summed E-state index contributed by atoms with van der Waals surface area (Å²) in [6, 6.07) is 11.0. The third-order valence-electron chi connectivity index (χ3n) is 2.64. The SMILES string of the molecule is CNCc1cccc(Oc2ccnc(C(=O)OC)c2)c1. The van der Waals surface area contributed by atoms with Crippen molar-refractivity contribution in [1.82, 2.24) is 10.3 Å². The average molecular weight is 272 g/mol. The molecule has 0 unspecified atom stereocenters. The molecule has 0 fully saturated rings. The van der Waals surface area contributed by atoms with Crippen LogP contribution in [0.4, 0.5) is 0 Å². The van der Waals surface area contributed by atoms with Crippen LogP contribution >= 0.6 is 0 Å². The highest BCUT2D eigenvalue weighted by Gasteiger charge is 2.08. The maximum atomic E-state index is 11.4. The van der Waals surface area contributed by atoms with Gasteiger partial charge in [-0.3, -0.25) is 0 Å². The van der Waals surface area contributed by atoms with Gasteiger partial charge in [0.25, 0.3) is 0 Å². The Morgan fingerprint density at radius 2 is 2.05 bits per heavy atom. The van der Waals surface area contributed by atoms with Gasteiger partial charge in [-0.1, -0.05) is 12.1 Å². The summed E-state index contributed by atoms with van der Waals surface area (Å²) in [6.07, 6.45) is 1.51. The molecule has 0 aliphatic rings. The van der Waals surface area contributed by atoms with Crippen LogP contribution in [0.25, 0.3) is 0 Å². The molecule has 1 heterocycles. The molecule has 0 bridgehead atoms. The molecule has 2 aromatic rings. The maximum absolute atomic E-state index is 11.4. The number of benzene rings is 1. The van der Waals surface area contributed by atoms with Gasteiger partial charge in [-0.2, -0.15) is 0 Å². The van der Waals surface area contributed by atoms with Crippen molar-refractivity contribution in [3.8, 4) is 11.5 Å². The van der Waals surface area contributed by atoms with Crippen LogP contribution in [-0.2, 0) is 11.3 Å². The molecule has 0 spiro atoms. The van der Waals surface area contributed by atoms with E-state index >= 15 is 0 Å². The van der Waals surface area contributed by atoms with E-state index in [1.807, 2.05) is 31.3 Å². The van der Waals surface area contributed by atoms with E-state index < -0.39 is 5.97 Å². The second kappa shape index (κ2) is 6.68. The number of pyridine rings is 1. The zero-order chi connectivity index (χ0) is 14.4. The molecule has 1 N–H and O–H groups in total. The van der Waals surface area contributed by atoms with E-state index in [0.717, 1.165) is 12.1 Å². The van der Waals surface area contributed by atoms with Crippen molar-refractivity contribution in [2.24, 2.45) is 0 Å². The van der Waals surface area contributed by atoms with Gasteiger partial charge in [-0.25, -0.2) is 9.78 Å². The summed E-state index contributed by atoms with van der Waals surface area (Å²) < 4.78 is 10.4. The Labute approximate surface area is 117 Å². The number of nitrogens with one attached hydrogen (secondary N) is 1. The predicted octanol–water partition coefficient (Wildman–Crippen LogP) is 2.38. The molecule has 0 aliphatic heterocycles. The number of nitrogens with zero attached hydrogens (tertiary/aromatic N) is 1. The van der Waals surface area contributed by atoms with E-state index in [2.05, 4.69) is 15.0 Å². The first kappa shape index (κ1) is 14.0. The van der Waals surface area contributed by atoms with Crippen molar-refractivity contribution in [3.05, 3.63) is 53.9 Å². The molecule has 0 amide bonds. The monoisotopic (exact) mass is 272 g/mol. The molecule has 20 heavy (non-hydrogen) atoms. The third kappa shape index (κ3) is 3.55. The number of hydrogen-bond donors (Lipinski definition) is 1. The fourth-order valence-corrected chi connectivity index (χ4v) is 1.75. The van der Waals surface area contributed by atoms with Crippen molar-refractivity contribution < 1.29 is 14.3 Å². The van der Waals surface area contributed by atoms with Crippen LogP contribution < -0.4 is 10.1 Å². The van der Waals surface area contributed by atoms with Gasteiger partial charge in [0.15, 0.2) is 5.69 Å². The van der Waals surface area contributed by atoms with Gasteiger partial charge in [0.05, 0.1) is 7.11 Å². The molecule has 0 saturated carbocycles. The smallest absolute Gasteiger partial charge is 0.356 e. The molecular weight excluding hydrogens is 256 g/mol. The van der Waals surface area contributed by atoms with E-state index in [-0.39, 0.29) is 5.69 Å². The van der Waals surface area contributed by atoms with Gasteiger partial charge in [-0.05, 0) is 30.8 Å². The first-order valence-electron chi connectivity index (χ1n) is 6.18. The standard InChI is InChI=1S/C15H16N2O3/c1-16-10-11-4-3-5-12(8-11)20-13-6-7-17-14(9-13)15(18)19-2/h3-9,16H,10H2,1-2H3. The molecule has 1 aromatic heterocycles. The Kier molecular flexibility index (Phi) is 4.68. The summed E-state index contributed by atoms with van der Waals surface area (Å²) in [7, 11) is 3.21. The normalized spacial score (nSPS) is 10.1. The lowest BCUT2D eigenvalue weighted by Gasteiger charge is -2.08. The summed E-state index contributed by atoms with van der Waals surface area (Å²) in [6.45, 7) is 0.765. The topological polar surface area (TPSA) is 60.5 Å². The number of esters is 1. The molecular formula is C15H16N2O3. The Balaban J connectivity index is 2.17. The van der Waals surface area contributed by atoms with E-state index in [9.17, 15) is 4.79 Å². The largest absolute Gasteiger partial charge is 0.464 e. The third-order valence-corrected chi connectivity index (χ3v) is 2.64. The molecule has 0 saturated heterocycles. The first-order valence-corrected chi connectivity index (χ1v) is 6.18. The minimum Gasteiger partial charge on any atom is -0.464 e. The number of carbonyl (C=O) groups is 1. The number of aromatic nitrogens is 1. The van der Waals surface area contributed by atoms with Gasteiger partial charge in [0, 0.05) is 18.8 Å². The highest BCUT2D eigenvalue weighted by Crippen LogP contribution is 2.22. The number of hydrogen-bond acceptors (Lipinski definition) is 5. The van der Waals surface area contributed by atoms with Crippen molar-refractivity contribution in [1.29, 1.82) is 0 Å². The molecule has 0 radical (unpaired) electrons. The summed E-state index contributed by atoms with van der Waals surface area (Å²) >= 11 is 0. The second-order valence-corrected chi connectivity index (χ2v) is 4.15. The summed E-state index contributed by atoms with van der Waals surface area (Å²) in [5.74, 6) is 0.765. The molecule has 5 nitrogen and oxygen atoms in total. The van der Waals surface area contributed by atoms with E-state index in [0.29, 0.717) is 11.5 Å². The Bertz CT molecular complexity index is 599.